The van der Waals surface area contributed by atoms with Crippen LogP contribution in [0.25, 0.3) is 0 Å². The summed E-state index contributed by atoms with van der Waals surface area (Å²) in [7, 11) is 0. The van der Waals surface area contributed by atoms with Gasteiger partial charge in [0.1, 0.15) is 5.82 Å². The van der Waals surface area contributed by atoms with Crippen molar-refractivity contribution in [2.45, 2.75) is 38.6 Å². The molecule has 4 rings (SSSR count). The highest BCUT2D eigenvalue weighted by molar-refractivity contribution is 6.31. The Morgan fingerprint density at radius 1 is 1.18 bits per heavy atom. The zero-order valence-corrected chi connectivity index (χ0v) is 17.0. The van der Waals surface area contributed by atoms with E-state index in [1.165, 1.54) is 17.7 Å². The van der Waals surface area contributed by atoms with Gasteiger partial charge in [-0.2, -0.15) is 0 Å². The number of likely N-dealkylation sites (tertiary alicyclic amines) is 1. The van der Waals surface area contributed by atoms with Gasteiger partial charge in [0.2, 0.25) is 5.91 Å². The molecule has 148 valence electrons. The van der Waals surface area contributed by atoms with Gasteiger partial charge in [0.15, 0.2) is 0 Å². The van der Waals surface area contributed by atoms with E-state index in [9.17, 15) is 9.18 Å². The van der Waals surface area contributed by atoms with Crippen molar-refractivity contribution in [3.8, 4) is 0 Å². The number of nitrogens with zero attached hydrogens (tertiary/aromatic N) is 2. The van der Waals surface area contributed by atoms with E-state index in [-0.39, 0.29) is 17.8 Å². The van der Waals surface area contributed by atoms with Gasteiger partial charge in [-0.25, -0.2) is 4.39 Å². The lowest BCUT2D eigenvalue weighted by Gasteiger charge is -2.33. The molecule has 28 heavy (non-hydrogen) atoms. The first kappa shape index (κ1) is 19.4. The van der Waals surface area contributed by atoms with Crippen molar-refractivity contribution in [2.75, 3.05) is 24.5 Å². The maximum Gasteiger partial charge on any atom is 0.241 e. The molecular formula is C23H26ClFN2O. The second-order valence-corrected chi connectivity index (χ2v) is 8.51. The molecule has 2 aromatic rings. The van der Waals surface area contributed by atoms with Crippen LogP contribution in [0.15, 0.2) is 42.5 Å². The van der Waals surface area contributed by atoms with Gasteiger partial charge in [0, 0.05) is 16.8 Å². The third-order valence-corrected chi connectivity index (χ3v) is 6.42. The summed E-state index contributed by atoms with van der Waals surface area (Å²) in [5.41, 5.74) is 3.35. The summed E-state index contributed by atoms with van der Waals surface area (Å²) >= 11 is 6.17. The SMILES string of the molecule is CC1Cc2ccccc2N1C(=O)CN1CCC(Cc2ccc(F)cc2Cl)CC1. The number of rotatable bonds is 4. The van der Waals surface area contributed by atoms with E-state index in [0.717, 1.165) is 50.0 Å². The van der Waals surface area contributed by atoms with E-state index in [0.29, 0.717) is 17.5 Å². The van der Waals surface area contributed by atoms with Gasteiger partial charge >= 0.3 is 0 Å². The molecule has 0 aromatic heterocycles. The second kappa shape index (κ2) is 8.22. The molecule has 0 spiro atoms. The molecule has 1 amide bonds. The molecule has 2 heterocycles. The summed E-state index contributed by atoms with van der Waals surface area (Å²) in [4.78, 5) is 17.2. The van der Waals surface area contributed by atoms with Gasteiger partial charge in [-0.3, -0.25) is 9.69 Å². The number of halogens is 2. The van der Waals surface area contributed by atoms with Crippen LogP contribution in [-0.2, 0) is 17.6 Å². The minimum atomic E-state index is -0.292. The molecule has 0 saturated carbocycles. The highest BCUT2D eigenvalue weighted by atomic mass is 35.5. The third-order valence-electron chi connectivity index (χ3n) is 6.07. The van der Waals surface area contributed by atoms with E-state index in [1.54, 1.807) is 6.07 Å². The van der Waals surface area contributed by atoms with E-state index in [4.69, 9.17) is 11.6 Å². The number of benzene rings is 2. The van der Waals surface area contributed by atoms with E-state index in [1.807, 2.05) is 17.0 Å². The van der Waals surface area contributed by atoms with E-state index in [2.05, 4.69) is 24.0 Å². The number of carbonyl (C=O) groups excluding carboxylic acids is 1. The lowest BCUT2D eigenvalue weighted by Crippen LogP contribution is -2.45. The summed E-state index contributed by atoms with van der Waals surface area (Å²) in [6, 6.07) is 13.1. The molecule has 0 N–H and O–H groups in total. The Balaban J connectivity index is 1.31. The smallest absolute Gasteiger partial charge is 0.241 e. The number of para-hydroxylation sites is 1. The zero-order valence-electron chi connectivity index (χ0n) is 16.2. The first-order valence-electron chi connectivity index (χ1n) is 10.1. The monoisotopic (exact) mass is 400 g/mol. The molecule has 2 aromatic carbocycles. The molecule has 0 radical (unpaired) electrons. The molecular weight excluding hydrogens is 375 g/mol. The van der Waals surface area contributed by atoms with Crippen LogP contribution in [0.5, 0.6) is 0 Å². The van der Waals surface area contributed by atoms with Crippen molar-refractivity contribution in [1.82, 2.24) is 4.90 Å². The van der Waals surface area contributed by atoms with Crippen LogP contribution in [0, 0.1) is 11.7 Å². The fraction of sp³-hybridized carbons (Fsp3) is 0.435. The predicted molar refractivity (Wildman–Crippen MR) is 111 cm³/mol. The molecule has 1 unspecified atom stereocenters. The highest BCUT2D eigenvalue weighted by Crippen LogP contribution is 2.32. The Kier molecular flexibility index (Phi) is 5.70. The first-order valence-corrected chi connectivity index (χ1v) is 10.5. The molecule has 0 aliphatic carbocycles. The fourth-order valence-corrected chi connectivity index (χ4v) is 4.80. The summed E-state index contributed by atoms with van der Waals surface area (Å²) in [6.07, 6.45) is 3.88. The minimum absolute atomic E-state index is 0.192. The maximum absolute atomic E-state index is 13.2. The lowest BCUT2D eigenvalue weighted by atomic mass is 9.90. The van der Waals surface area contributed by atoms with Gasteiger partial charge in [0.05, 0.1) is 6.54 Å². The number of hydrogen-bond acceptors (Lipinski definition) is 2. The van der Waals surface area contributed by atoms with Crippen LogP contribution in [0.2, 0.25) is 5.02 Å². The maximum atomic E-state index is 13.2. The number of hydrogen-bond donors (Lipinski definition) is 0. The molecule has 3 nitrogen and oxygen atoms in total. The number of piperidine rings is 1. The van der Waals surface area contributed by atoms with E-state index >= 15 is 0 Å². The van der Waals surface area contributed by atoms with Crippen LogP contribution < -0.4 is 4.90 Å². The van der Waals surface area contributed by atoms with Crippen LogP contribution in [0.4, 0.5) is 10.1 Å². The summed E-state index contributed by atoms with van der Waals surface area (Å²) in [5.74, 6) is 0.429. The van der Waals surface area contributed by atoms with Crippen molar-refractivity contribution in [3.63, 3.8) is 0 Å². The standard InChI is InChI=1S/C23H26ClFN2O/c1-16-12-19-4-2-3-5-22(19)27(16)23(28)15-26-10-8-17(9-11-26)13-18-6-7-20(25)14-21(18)24/h2-7,14,16-17H,8-13,15H2,1H3. The van der Waals surface area contributed by atoms with Crippen molar-refractivity contribution in [3.05, 3.63) is 64.4 Å². The van der Waals surface area contributed by atoms with Gasteiger partial charge in [-0.05, 0) is 80.9 Å². The van der Waals surface area contributed by atoms with Crippen molar-refractivity contribution >= 4 is 23.2 Å². The molecule has 2 aliphatic heterocycles. The third kappa shape index (κ3) is 4.08. The normalized spacial score (nSPS) is 20.4. The van der Waals surface area contributed by atoms with Crippen molar-refractivity contribution < 1.29 is 9.18 Å². The molecule has 1 fully saturated rings. The van der Waals surface area contributed by atoms with Crippen LogP contribution in [-0.4, -0.2) is 36.5 Å². The molecule has 0 bridgehead atoms. The van der Waals surface area contributed by atoms with Crippen LogP contribution in [0.1, 0.15) is 30.9 Å². The van der Waals surface area contributed by atoms with Gasteiger partial charge < -0.3 is 4.90 Å². The van der Waals surface area contributed by atoms with E-state index < -0.39 is 0 Å². The Morgan fingerprint density at radius 3 is 2.68 bits per heavy atom. The Hall–Kier alpha value is -1.91. The lowest BCUT2D eigenvalue weighted by molar-refractivity contribution is -0.120. The first-order chi connectivity index (χ1) is 13.5. The number of anilines is 1. The minimum Gasteiger partial charge on any atom is -0.308 e. The summed E-state index contributed by atoms with van der Waals surface area (Å²) in [5, 5.41) is 0.513. The average Bonchev–Trinajstić information content (AvgIpc) is 3.01. The Morgan fingerprint density at radius 2 is 1.93 bits per heavy atom. The summed E-state index contributed by atoms with van der Waals surface area (Å²) in [6.45, 7) is 4.43. The molecule has 5 heteroatoms. The van der Waals surface area contributed by atoms with Gasteiger partial charge in [0.25, 0.3) is 0 Å². The number of fused-ring (bicyclic) bond motifs is 1. The predicted octanol–water partition coefficient (Wildman–Crippen LogP) is 4.71. The molecule has 1 atom stereocenters. The quantitative estimate of drug-likeness (QED) is 0.741. The van der Waals surface area contributed by atoms with Gasteiger partial charge in [-0.1, -0.05) is 35.9 Å². The topological polar surface area (TPSA) is 23.6 Å². The van der Waals surface area contributed by atoms with Gasteiger partial charge in [-0.15, -0.1) is 0 Å². The van der Waals surface area contributed by atoms with Crippen LogP contribution in [0.3, 0.4) is 0 Å². The fourth-order valence-electron chi connectivity index (χ4n) is 4.56. The second-order valence-electron chi connectivity index (χ2n) is 8.10. The molecule has 2 aliphatic rings. The number of amides is 1. The van der Waals surface area contributed by atoms with Crippen LogP contribution >= 0.6 is 11.6 Å². The Labute approximate surface area is 171 Å². The largest absolute Gasteiger partial charge is 0.308 e. The van der Waals surface area contributed by atoms with Crippen molar-refractivity contribution in [2.24, 2.45) is 5.92 Å². The average molecular weight is 401 g/mol. The zero-order chi connectivity index (χ0) is 19.7. The summed E-state index contributed by atoms with van der Waals surface area (Å²) < 4.78 is 13.2. The highest BCUT2D eigenvalue weighted by Gasteiger charge is 2.32. The molecule has 1 saturated heterocycles. The Bertz CT molecular complexity index is 863. The number of carbonyl (C=O) groups is 1. The van der Waals surface area contributed by atoms with Crippen molar-refractivity contribution in [1.29, 1.82) is 0 Å².